The lowest BCUT2D eigenvalue weighted by Crippen LogP contribution is -2.37. The Hall–Kier alpha value is -2.32. The van der Waals surface area contributed by atoms with Crippen LogP contribution in [0.1, 0.15) is 5.56 Å². The summed E-state index contributed by atoms with van der Waals surface area (Å²) in [4.78, 5) is 12.3. The van der Waals surface area contributed by atoms with Gasteiger partial charge in [0.15, 0.2) is 0 Å². The molecule has 0 bridgehead atoms. The highest BCUT2D eigenvalue weighted by molar-refractivity contribution is 7.92. The van der Waals surface area contributed by atoms with Gasteiger partial charge in [0, 0.05) is 5.69 Å². The predicted molar refractivity (Wildman–Crippen MR) is 100.0 cm³/mol. The fourth-order valence-electron chi connectivity index (χ4n) is 2.28. The van der Waals surface area contributed by atoms with Crippen LogP contribution in [0.4, 0.5) is 15.8 Å². The van der Waals surface area contributed by atoms with Crippen LogP contribution in [0.2, 0.25) is 5.02 Å². The van der Waals surface area contributed by atoms with Gasteiger partial charge in [0.05, 0.1) is 24.1 Å². The molecule has 0 aliphatic carbocycles. The third-order valence-corrected chi connectivity index (χ3v) is 4.91. The van der Waals surface area contributed by atoms with Crippen LogP contribution in [0.5, 0.6) is 5.75 Å². The van der Waals surface area contributed by atoms with E-state index in [0.29, 0.717) is 5.75 Å². The predicted octanol–water partition coefficient (Wildman–Crippen LogP) is 3.20. The third-order valence-electron chi connectivity index (χ3n) is 3.49. The van der Waals surface area contributed by atoms with Crippen molar-refractivity contribution in [1.29, 1.82) is 0 Å². The summed E-state index contributed by atoms with van der Waals surface area (Å²) in [7, 11) is -2.35. The smallest absolute Gasteiger partial charge is 0.245 e. The molecule has 6 nitrogen and oxygen atoms in total. The number of sulfonamides is 1. The van der Waals surface area contributed by atoms with Gasteiger partial charge in [0.2, 0.25) is 15.9 Å². The minimum Gasteiger partial charge on any atom is -0.495 e. The van der Waals surface area contributed by atoms with Gasteiger partial charge in [-0.3, -0.25) is 9.10 Å². The van der Waals surface area contributed by atoms with Crippen LogP contribution < -0.4 is 14.4 Å². The number of anilines is 2. The minimum atomic E-state index is -3.76. The van der Waals surface area contributed by atoms with Crippen molar-refractivity contribution >= 4 is 38.9 Å². The fraction of sp³-hybridized carbons (Fsp3) is 0.235. The second-order valence-electron chi connectivity index (χ2n) is 5.62. The van der Waals surface area contributed by atoms with Crippen LogP contribution in [-0.4, -0.2) is 34.2 Å². The first-order chi connectivity index (χ1) is 12.1. The molecule has 0 spiro atoms. The number of hydrogen-bond donors (Lipinski definition) is 1. The lowest BCUT2D eigenvalue weighted by atomic mass is 10.2. The molecular weight excluding hydrogens is 383 g/mol. The number of halogens is 2. The normalized spacial score (nSPS) is 11.1. The average Bonchev–Trinajstić information content (AvgIpc) is 2.55. The first-order valence-corrected chi connectivity index (χ1v) is 9.71. The van der Waals surface area contributed by atoms with Gasteiger partial charge in [-0.05, 0) is 42.8 Å². The number of carbonyl (C=O) groups is 1. The van der Waals surface area contributed by atoms with Crippen molar-refractivity contribution in [2.75, 3.05) is 29.5 Å². The second kappa shape index (κ2) is 7.92. The zero-order valence-electron chi connectivity index (χ0n) is 14.4. The molecule has 0 aliphatic rings. The Morgan fingerprint density at radius 1 is 1.27 bits per heavy atom. The Bertz CT molecular complexity index is 934. The van der Waals surface area contributed by atoms with Crippen LogP contribution in [0.15, 0.2) is 36.4 Å². The number of rotatable bonds is 6. The Morgan fingerprint density at radius 2 is 1.96 bits per heavy atom. The molecule has 2 rings (SSSR count). The van der Waals surface area contributed by atoms with E-state index >= 15 is 0 Å². The largest absolute Gasteiger partial charge is 0.495 e. The first-order valence-electron chi connectivity index (χ1n) is 7.49. The molecule has 0 unspecified atom stereocenters. The maximum absolute atomic E-state index is 13.2. The standard InChI is InChI=1S/C17H18ClFN2O4S/c1-11-4-7-16(25-2)15(8-11)21(26(3,23)24)10-17(22)20-12-5-6-14(19)13(18)9-12/h4-9H,10H2,1-3H3,(H,20,22). The van der Waals surface area contributed by atoms with Crippen LogP contribution in [0, 0.1) is 12.7 Å². The van der Waals surface area contributed by atoms with E-state index in [1.165, 1.54) is 19.2 Å². The monoisotopic (exact) mass is 400 g/mol. The molecule has 0 radical (unpaired) electrons. The number of ether oxygens (including phenoxy) is 1. The van der Waals surface area contributed by atoms with E-state index in [-0.39, 0.29) is 16.4 Å². The van der Waals surface area contributed by atoms with Crippen molar-refractivity contribution in [3.63, 3.8) is 0 Å². The number of methoxy groups -OCH3 is 1. The van der Waals surface area contributed by atoms with Gasteiger partial charge < -0.3 is 10.1 Å². The summed E-state index contributed by atoms with van der Waals surface area (Å²) in [5, 5.41) is 2.35. The van der Waals surface area contributed by atoms with Gasteiger partial charge in [-0.15, -0.1) is 0 Å². The SMILES string of the molecule is COc1ccc(C)cc1N(CC(=O)Nc1ccc(F)c(Cl)c1)S(C)(=O)=O. The minimum absolute atomic E-state index is 0.150. The number of carbonyl (C=O) groups excluding carboxylic acids is 1. The van der Waals surface area contributed by atoms with Crippen molar-refractivity contribution in [1.82, 2.24) is 0 Å². The van der Waals surface area contributed by atoms with E-state index in [4.69, 9.17) is 16.3 Å². The van der Waals surface area contributed by atoms with Gasteiger partial charge in [-0.2, -0.15) is 0 Å². The van der Waals surface area contributed by atoms with E-state index in [0.717, 1.165) is 22.2 Å². The number of amides is 1. The number of aryl methyl sites for hydroxylation is 1. The topological polar surface area (TPSA) is 75.7 Å². The highest BCUT2D eigenvalue weighted by atomic mass is 35.5. The molecule has 2 aromatic carbocycles. The molecule has 0 saturated carbocycles. The lowest BCUT2D eigenvalue weighted by Gasteiger charge is -2.24. The van der Waals surface area contributed by atoms with Gasteiger partial charge in [-0.1, -0.05) is 17.7 Å². The molecule has 9 heteroatoms. The summed E-state index contributed by atoms with van der Waals surface area (Å²) in [5.41, 5.74) is 1.31. The summed E-state index contributed by atoms with van der Waals surface area (Å²) in [6.07, 6.45) is 0.997. The Balaban J connectivity index is 2.30. The second-order valence-corrected chi connectivity index (χ2v) is 7.94. The van der Waals surface area contributed by atoms with E-state index < -0.39 is 28.3 Å². The Labute approximate surface area is 156 Å². The fourth-order valence-corrected chi connectivity index (χ4v) is 3.31. The maximum atomic E-state index is 13.2. The molecule has 26 heavy (non-hydrogen) atoms. The first kappa shape index (κ1) is 20.0. The van der Waals surface area contributed by atoms with Crippen LogP contribution in [0.25, 0.3) is 0 Å². The molecule has 1 amide bonds. The van der Waals surface area contributed by atoms with Gasteiger partial charge >= 0.3 is 0 Å². The summed E-state index contributed by atoms with van der Waals surface area (Å²) < 4.78 is 43.8. The molecule has 0 saturated heterocycles. The number of nitrogens with one attached hydrogen (secondary N) is 1. The van der Waals surface area contributed by atoms with Crippen LogP contribution >= 0.6 is 11.6 Å². The molecule has 0 fully saturated rings. The van der Waals surface area contributed by atoms with E-state index in [1.807, 2.05) is 0 Å². The quantitative estimate of drug-likeness (QED) is 0.807. The van der Waals surface area contributed by atoms with Gasteiger partial charge in [-0.25, -0.2) is 12.8 Å². The zero-order valence-corrected chi connectivity index (χ0v) is 16.0. The van der Waals surface area contributed by atoms with Crippen molar-refractivity contribution in [2.45, 2.75) is 6.92 Å². The van der Waals surface area contributed by atoms with Crippen LogP contribution in [-0.2, 0) is 14.8 Å². The summed E-state index contributed by atoms with van der Waals surface area (Å²) in [6.45, 7) is 1.32. The van der Waals surface area contributed by atoms with Gasteiger partial charge in [0.1, 0.15) is 18.1 Å². The third kappa shape index (κ3) is 4.86. The number of hydrogen-bond acceptors (Lipinski definition) is 4. The van der Waals surface area contributed by atoms with Gasteiger partial charge in [0.25, 0.3) is 0 Å². The van der Waals surface area contributed by atoms with Crippen molar-refractivity contribution in [3.8, 4) is 5.75 Å². The Morgan fingerprint density at radius 3 is 2.54 bits per heavy atom. The van der Waals surface area contributed by atoms with Crippen LogP contribution in [0.3, 0.4) is 0 Å². The lowest BCUT2D eigenvalue weighted by molar-refractivity contribution is -0.114. The molecule has 0 atom stereocenters. The summed E-state index contributed by atoms with van der Waals surface area (Å²) >= 11 is 5.68. The van der Waals surface area contributed by atoms with E-state index in [2.05, 4.69) is 5.32 Å². The molecule has 0 aromatic heterocycles. The molecule has 0 aliphatic heterocycles. The zero-order chi connectivity index (χ0) is 19.5. The highest BCUT2D eigenvalue weighted by Gasteiger charge is 2.24. The maximum Gasteiger partial charge on any atom is 0.245 e. The molecule has 2 aromatic rings. The highest BCUT2D eigenvalue weighted by Crippen LogP contribution is 2.31. The number of nitrogens with zero attached hydrogens (tertiary/aromatic N) is 1. The van der Waals surface area contributed by atoms with Crippen molar-refractivity contribution < 1.29 is 22.3 Å². The van der Waals surface area contributed by atoms with Crippen molar-refractivity contribution in [2.24, 2.45) is 0 Å². The van der Waals surface area contributed by atoms with E-state index in [1.54, 1.807) is 25.1 Å². The average molecular weight is 401 g/mol. The van der Waals surface area contributed by atoms with E-state index in [9.17, 15) is 17.6 Å². The number of benzene rings is 2. The molecular formula is C17H18ClFN2O4S. The Kier molecular flexibility index (Phi) is 6.09. The molecule has 0 heterocycles. The summed E-state index contributed by atoms with van der Waals surface area (Å²) in [6, 6.07) is 8.69. The molecule has 140 valence electrons. The molecule has 1 N–H and O–H groups in total. The van der Waals surface area contributed by atoms with Crippen molar-refractivity contribution in [3.05, 3.63) is 52.8 Å². The summed E-state index contributed by atoms with van der Waals surface area (Å²) in [5.74, 6) is -0.910.